The molecule has 2 aromatic carbocycles. The first-order valence-electron chi connectivity index (χ1n) is 5.91. The molecular formula is C14H12F2N2O2. The maximum absolute atomic E-state index is 13.4. The Kier molecular flexibility index (Phi) is 3.93. The quantitative estimate of drug-likeness (QED) is 0.683. The lowest BCUT2D eigenvalue weighted by Gasteiger charge is -2.09. The van der Waals surface area contributed by atoms with Crippen LogP contribution in [0.1, 0.15) is 11.1 Å². The largest absolute Gasteiger partial charge is 0.376 e. The van der Waals surface area contributed by atoms with E-state index in [1.165, 1.54) is 12.1 Å². The van der Waals surface area contributed by atoms with Crippen molar-refractivity contribution in [3.8, 4) is 0 Å². The lowest BCUT2D eigenvalue weighted by Crippen LogP contribution is -2.04. The molecule has 20 heavy (non-hydrogen) atoms. The zero-order valence-corrected chi connectivity index (χ0v) is 10.7. The van der Waals surface area contributed by atoms with Crippen LogP contribution in [0.2, 0.25) is 0 Å². The van der Waals surface area contributed by atoms with Crippen LogP contribution in [-0.2, 0) is 6.54 Å². The summed E-state index contributed by atoms with van der Waals surface area (Å²) in [7, 11) is 0. The van der Waals surface area contributed by atoms with Gasteiger partial charge in [0.25, 0.3) is 5.69 Å². The average Bonchev–Trinajstić information content (AvgIpc) is 2.39. The summed E-state index contributed by atoms with van der Waals surface area (Å²) in [4.78, 5) is 10.3. The van der Waals surface area contributed by atoms with Gasteiger partial charge in [-0.3, -0.25) is 10.1 Å². The number of nitro benzene ring substituents is 1. The van der Waals surface area contributed by atoms with E-state index >= 15 is 0 Å². The average molecular weight is 278 g/mol. The molecule has 0 atom stereocenters. The molecule has 104 valence electrons. The van der Waals surface area contributed by atoms with Crippen LogP contribution in [0.4, 0.5) is 20.2 Å². The lowest BCUT2D eigenvalue weighted by molar-refractivity contribution is -0.385. The topological polar surface area (TPSA) is 55.2 Å². The van der Waals surface area contributed by atoms with Crippen molar-refractivity contribution in [2.45, 2.75) is 13.5 Å². The molecule has 0 aliphatic carbocycles. The van der Waals surface area contributed by atoms with Gasteiger partial charge in [0.15, 0.2) is 0 Å². The first-order chi connectivity index (χ1) is 9.49. The molecule has 2 rings (SSSR count). The second-order valence-electron chi connectivity index (χ2n) is 4.33. The number of aryl methyl sites for hydroxylation is 1. The van der Waals surface area contributed by atoms with E-state index in [0.717, 1.165) is 12.1 Å². The number of benzene rings is 2. The molecule has 1 N–H and O–H groups in total. The summed E-state index contributed by atoms with van der Waals surface area (Å²) in [5.41, 5.74) is 0.856. The summed E-state index contributed by atoms with van der Waals surface area (Å²) in [5.74, 6) is -1.40. The molecule has 0 unspecified atom stereocenters. The molecule has 0 aliphatic heterocycles. The third-order valence-electron chi connectivity index (χ3n) is 2.90. The van der Waals surface area contributed by atoms with Crippen molar-refractivity contribution in [3.05, 3.63) is 69.3 Å². The molecule has 6 heteroatoms. The molecule has 0 bridgehead atoms. The van der Waals surface area contributed by atoms with Gasteiger partial charge in [-0.05, 0) is 24.6 Å². The van der Waals surface area contributed by atoms with Crippen molar-refractivity contribution in [1.82, 2.24) is 0 Å². The van der Waals surface area contributed by atoms with Gasteiger partial charge >= 0.3 is 0 Å². The zero-order chi connectivity index (χ0) is 14.7. The summed E-state index contributed by atoms with van der Waals surface area (Å²) in [5, 5.41) is 13.4. The number of rotatable bonds is 4. The van der Waals surface area contributed by atoms with Crippen LogP contribution in [-0.4, -0.2) is 4.92 Å². The Morgan fingerprint density at radius 3 is 2.45 bits per heavy atom. The minimum Gasteiger partial charge on any atom is -0.376 e. The Morgan fingerprint density at radius 2 is 1.85 bits per heavy atom. The van der Waals surface area contributed by atoms with E-state index in [-0.39, 0.29) is 17.9 Å². The van der Waals surface area contributed by atoms with Crippen molar-refractivity contribution >= 4 is 11.4 Å². The fraction of sp³-hybridized carbons (Fsp3) is 0.143. The third-order valence-corrected chi connectivity index (χ3v) is 2.90. The van der Waals surface area contributed by atoms with Gasteiger partial charge in [0.05, 0.1) is 4.92 Å². The highest BCUT2D eigenvalue weighted by molar-refractivity contribution is 5.48. The highest BCUT2D eigenvalue weighted by Crippen LogP contribution is 2.22. The Bertz CT molecular complexity index is 639. The van der Waals surface area contributed by atoms with Crippen molar-refractivity contribution in [1.29, 1.82) is 0 Å². The maximum atomic E-state index is 13.4. The zero-order valence-electron chi connectivity index (χ0n) is 10.7. The third kappa shape index (κ3) is 2.90. The fourth-order valence-corrected chi connectivity index (χ4v) is 1.82. The van der Waals surface area contributed by atoms with E-state index in [4.69, 9.17) is 0 Å². The van der Waals surface area contributed by atoms with Crippen LogP contribution < -0.4 is 5.32 Å². The first-order valence-corrected chi connectivity index (χ1v) is 5.91. The minimum atomic E-state index is -0.702. The van der Waals surface area contributed by atoms with Crippen LogP contribution >= 0.6 is 0 Å². The van der Waals surface area contributed by atoms with Gasteiger partial charge in [-0.2, -0.15) is 0 Å². The smallest absolute Gasteiger partial charge is 0.272 e. The molecular weight excluding hydrogens is 266 g/mol. The van der Waals surface area contributed by atoms with E-state index in [9.17, 15) is 18.9 Å². The number of anilines is 1. The molecule has 0 saturated heterocycles. The molecule has 0 aromatic heterocycles. The Balaban J connectivity index is 2.19. The Labute approximate surface area is 114 Å². The molecule has 0 fully saturated rings. The lowest BCUT2D eigenvalue weighted by atomic mass is 10.1. The molecule has 0 saturated carbocycles. The van der Waals surface area contributed by atoms with Crippen molar-refractivity contribution in [2.75, 3.05) is 5.32 Å². The summed E-state index contributed by atoms with van der Waals surface area (Å²) in [6.07, 6.45) is 0. The number of halogens is 2. The van der Waals surface area contributed by atoms with Crippen LogP contribution in [0.15, 0.2) is 36.4 Å². The molecule has 0 heterocycles. The predicted octanol–water partition coefficient (Wildman–Crippen LogP) is 3.79. The number of nitro groups is 1. The molecule has 4 nitrogen and oxygen atoms in total. The maximum Gasteiger partial charge on any atom is 0.272 e. The van der Waals surface area contributed by atoms with Crippen molar-refractivity contribution < 1.29 is 13.7 Å². The van der Waals surface area contributed by atoms with Crippen LogP contribution in [0, 0.1) is 28.7 Å². The van der Waals surface area contributed by atoms with E-state index < -0.39 is 16.6 Å². The van der Waals surface area contributed by atoms with Crippen LogP contribution in [0.5, 0.6) is 0 Å². The second-order valence-corrected chi connectivity index (χ2v) is 4.33. The predicted molar refractivity (Wildman–Crippen MR) is 71.5 cm³/mol. The highest BCUT2D eigenvalue weighted by atomic mass is 19.1. The van der Waals surface area contributed by atoms with Gasteiger partial charge in [-0.25, -0.2) is 8.78 Å². The normalized spacial score (nSPS) is 10.3. The summed E-state index contributed by atoms with van der Waals surface area (Å²) in [6.45, 7) is 1.73. The summed E-state index contributed by atoms with van der Waals surface area (Å²) < 4.78 is 26.8. The van der Waals surface area contributed by atoms with E-state index in [1.54, 1.807) is 19.1 Å². The first kappa shape index (κ1) is 13.9. The monoisotopic (exact) mass is 278 g/mol. The molecule has 0 amide bonds. The Hall–Kier alpha value is -2.50. The van der Waals surface area contributed by atoms with Crippen LogP contribution in [0.3, 0.4) is 0 Å². The van der Waals surface area contributed by atoms with Crippen molar-refractivity contribution in [3.63, 3.8) is 0 Å². The molecule has 0 radical (unpaired) electrons. The van der Waals surface area contributed by atoms with E-state index in [1.807, 2.05) is 0 Å². The van der Waals surface area contributed by atoms with Gasteiger partial charge in [0.1, 0.15) is 17.3 Å². The Morgan fingerprint density at radius 1 is 1.20 bits per heavy atom. The number of hydrogen-bond donors (Lipinski definition) is 1. The fourth-order valence-electron chi connectivity index (χ4n) is 1.82. The van der Waals surface area contributed by atoms with Gasteiger partial charge in [-0.15, -0.1) is 0 Å². The highest BCUT2D eigenvalue weighted by Gasteiger charge is 2.12. The minimum absolute atomic E-state index is 0.0155. The van der Waals surface area contributed by atoms with E-state index in [0.29, 0.717) is 11.1 Å². The summed E-state index contributed by atoms with van der Waals surface area (Å²) >= 11 is 0. The van der Waals surface area contributed by atoms with Gasteiger partial charge in [0.2, 0.25) is 0 Å². The number of nitrogens with one attached hydrogen (secondary N) is 1. The van der Waals surface area contributed by atoms with Gasteiger partial charge in [0, 0.05) is 18.2 Å². The summed E-state index contributed by atoms with van der Waals surface area (Å²) in [6, 6.07) is 8.22. The molecule has 0 spiro atoms. The van der Waals surface area contributed by atoms with Crippen molar-refractivity contribution in [2.24, 2.45) is 0 Å². The SMILES string of the molecule is Cc1ccc(CNc2c(F)cccc2F)cc1[N+](=O)[O-]. The molecule has 0 aliphatic rings. The van der Waals surface area contributed by atoms with Crippen LogP contribution in [0.25, 0.3) is 0 Å². The molecule has 2 aromatic rings. The number of hydrogen-bond acceptors (Lipinski definition) is 3. The number of para-hydroxylation sites is 1. The standard InChI is InChI=1S/C14H12F2N2O2/c1-9-5-6-10(7-13(9)18(19)20)8-17-14-11(15)3-2-4-12(14)16/h2-7,17H,8H2,1H3. The van der Waals surface area contributed by atoms with Gasteiger partial charge < -0.3 is 5.32 Å². The van der Waals surface area contributed by atoms with E-state index in [2.05, 4.69) is 5.32 Å². The van der Waals surface area contributed by atoms with Gasteiger partial charge in [-0.1, -0.05) is 18.2 Å². The number of nitrogens with zero attached hydrogens (tertiary/aromatic N) is 1. The second kappa shape index (κ2) is 5.64.